The third-order valence-corrected chi connectivity index (χ3v) is 3.65. The Bertz CT molecular complexity index is 1060. The molecule has 114 valence electrons. The SMILES string of the molecule is [2H]C([2H])([2H])c1nc2cccc(N)c2c(=O)n1[C@@]1(C([2H])([2H])[2H])CCC(=O)NC1=O. The van der Waals surface area contributed by atoms with Crippen molar-refractivity contribution in [2.75, 3.05) is 5.73 Å². The maximum Gasteiger partial charge on any atom is 0.264 e. The second-order valence-corrected chi connectivity index (χ2v) is 5.05. The van der Waals surface area contributed by atoms with Crippen molar-refractivity contribution in [3.05, 3.63) is 34.4 Å². The summed E-state index contributed by atoms with van der Waals surface area (Å²) in [5.41, 5.74) is 2.05. The van der Waals surface area contributed by atoms with E-state index in [9.17, 15) is 14.4 Å². The second kappa shape index (κ2) is 4.66. The van der Waals surface area contributed by atoms with E-state index in [4.69, 9.17) is 14.0 Å². The highest BCUT2D eigenvalue weighted by molar-refractivity contribution is 6.01. The molecule has 1 saturated heterocycles. The Morgan fingerprint density at radius 1 is 1.41 bits per heavy atom. The third kappa shape index (κ3) is 1.89. The summed E-state index contributed by atoms with van der Waals surface area (Å²) in [6.45, 7) is -6.17. The summed E-state index contributed by atoms with van der Waals surface area (Å²) in [7, 11) is 0. The summed E-state index contributed by atoms with van der Waals surface area (Å²) < 4.78 is 47.4. The molecule has 2 heterocycles. The Kier molecular flexibility index (Phi) is 1.84. The molecule has 2 aromatic rings. The molecule has 0 bridgehead atoms. The summed E-state index contributed by atoms with van der Waals surface area (Å²) in [6, 6.07) is 4.19. The van der Waals surface area contributed by atoms with Crippen LogP contribution in [-0.2, 0) is 15.1 Å². The van der Waals surface area contributed by atoms with Crippen LogP contribution in [0.1, 0.15) is 33.7 Å². The van der Waals surface area contributed by atoms with Gasteiger partial charge in [-0.25, -0.2) is 4.98 Å². The average Bonchev–Trinajstić information content (AvgIpc) is 2.53. The standard InChI is InChI=1S/C15H16N4O3/c1-8-17-10-5-3-4-9(16)12(10)13(21)19(8)15(2)7-6-11(20)18-14(15)22/h3-5H,6-7,16H2,1-2H3,(H,18,20,22)/t15-/m0/s1/i1D3,2D3. The topological polar surface area (TPSA) is 107 Å². The van der Waals surface area contributed by atoms with Gasteiger partial charge in [0.05, 0.1) is 10.9 Å². The monoisotopic (exact) mass is 306 g/mol. The molecule has 1 aliphatic heterocycles. The molecule has 22 heavy (non-hydrogen) atoms. The van der Waals surface area contributed by atoms with Gasteiger partial charge in [-0.15, -0.1) is 0 Å². The lowest BCUT2D eigenvalue weighted by molar-refractivity contribution is -0.140. The number of aryl methyl sites for hydroxylation is 1. The fourth-order valence-electron chi connectivity index (χ4n) is 2.52. The minimum absolute atomic E-state index is 0.0413. The number of anilines is 1. The van der Waals surface area contributed by atoms with Crippen molar-refractivity contribution in [1.29, 1.82) is 0 Å². The van der Waals surface area contributed by atoms with Gasteiger partial charge in [0.25, 0.3) is 11.5 Å². The summed E-state index contributed by atoms with van der Waals surface area (Å²) in [5, 5.41) is 1.70. The molecule has 1 aromatic carbocycles. The van der Waals surface area contributed by atoms with Gasteiger partial charge < -0.3 is 5.73 Å². The predicted octanol–water partition coefficient (Wildman–Crippen LogP) is 0.439. The van der Waals surface area contributed by atoms with Gasteiger partial charge in [0, 0.05) is 20.3 Å². The summed E-state index contributed by atoms with van der Waals surface area (Å²) in [4.78, 5) is 41.6. The Morgan fingerprint density at radius 2 is 2.23 bits per heavy atom. The second-order valence-electron chi connectivity index (χ2n) is 5.05. The Morgan fingerprint density at radius 3 is 2.91 bits per heavy atom. The number of piperidine rings is 1. The zero-order valence-corrected chi connectivity index (χ0v) is 11.3. The molecular formula is C15H16N4O3. The van der Waals surface area contributed by atoms with Crippen molar-refractivity contribution in [3.63, 3.8) is 0 Å². The van der Waals surface area contributed by atoms with Crippen LogP contribution in [0.2, 0.25) is 0 Å². The fourth-order valence-corrected chi connectivity index (χ4v) is 2.52. The highest BCUT2D eigenvalue weighted by Gasteiger charge is 2.42. The number of carbonyl (C=O) groups excluding carboxylic acids is 2. The first-order valence-electron chi connectivity index (χ1n) is 9.47. The number of hydrogen-bond acceptors (Lipinski definition) is 5. The van der Waals surface area contributed by atoms with Crippen LogP contribution < -0.4 is 16.6 Å². The number of amides is 2. The van der Waals surface area contributed by atoms with E-state index >= 15 is 0 Å². The van der Waals surface area contributed by atoms with Gasteiger partial charge >= 0.3 is 0 Å². The molecule has 1 aliphatic rings. The third-order valence-electron chi connectivity index (χ3n) is 3.65. The molecule has 0 radical (unpaired) electrons. The molecular weight excluding hydrogens is 284 g/mol. The van der Waals surface area contributed by atoms with Gasteiger partial charge in [0.15, 0.2) is 0 Å². The predicted molar refractivity (Wildman–Crippen MR) is 81.2 cm³/mol. The van der Waals surface area contributed by atoms with Gasteiger partial charge in [-0.05, 0) is 32.3 Å². The number of nitrogen functional groups attached to an aromatic ring is 1. The normalized spacial score (nSPS) is 27.1. The lowest BCUT2D eigenvalue weighted by Crippen LogP contribution is -2.56. The average molecular weight is 306 g/mol. The van der Waals surface area contributed by atoms with E-state index in [1.54, 1.807) is 0 Å². The number of carbonyl (C=O) groups is 2. The molecule has 0 aliphatic carbocycles. The molecule has 0 saturated carbocycles. The number of nitrogens with zero attached hydrogens (tertiary/aromatic N) is 2. The quantitative estimate of drug-likeness (QED) is 0.587. The van der Waals surface area contributed by atoms with Crippen molar-refractivity contribution in [3.8, 4) is 0 Å². The fraction of sp³-hybridized carbons (Fsp3) is 0.333. The van der Waals surface area contributed by atoms with Gasteiger partial charge in [-0.1, -0.05) is 6.07 Å². The van der Waals surface area contributed by atoms with Crippen LogP contribution >= 0.6 is 0 Å². The molecule has 7 nitrogen and oxygen atoms in total. The van der Waals surface area contributed by atoms with Crippen LogP contribution in [0.4, 0.5) is 5.69 Å². The van der Waals surface area contributed by atoms with Crippen LogP contribution in [0.5, 0.6) is 0 Å². The molecule has 1 fully saturated rings. The Labute approximate surface area is 134 Å². The van der Waals surface area contributed by atoms with Crippen LogP contribution in [-0.4, -0.2) is 21.4 Å². The van der Waals surface area contributed by atoms with Gasteiger partial charge in [0.2, 0.25) is 5.91 Å². The van der Waals surface area contributed by atoms with Crippen molar-refractivity contribution in [1.82, 2.24) is 14.9 Å². The van der Waals surface area contributed by atoms with Crippen molar-refractivity contribution in [2.24, 2.45) is 0 Å². The zero-order chi connectivity index (χ0) is 21.1. The first-order chi connectivity index (χ1) is 12.8. The largest absolute Gasteiger partial charge is 0.398 e. The van der Waals surface area contributed by atoms with Crippen LogP contribution in [0.3, 0.4) is 0 Å². The van der Waals surface area contributed by atoms with E-state index in [1.165, 1.54) is 18.2 Å². The molecule has 1 aromatic heterocycles. The lowest BCUT2D eigenvalue weighted by atomic mass is 9.90. The van der Waals surface area contributed by atoms with Crippen LogP contribution in [0.25, 0.3) is 10.9 Å². The highest BCUT2D eigenvalue weighted by atomic mass is 16.2. The van der Waals surface area contributed by atoms with E-state index in [-0.39, 0.29) is 23.0 Å². The summed E-state index contributed by atoms with van der Waals surface area (Å²) >= 11 is 0. The Balaban J connectivity index is 2.54. The number of aromatic nitrogens is 2. The van der Waals surface area contributed by atoms with Crippen molar-refractivity contribution < 1.29 is 17.8 Å². The van der Waals surface area contributed by atoms with Gasteiger partial charge in [-0.2, -0.15) is 0 Å². The maximum atomic E-state index is 13.3. The number of rotatable bonds is 1. The van der Waals surface area contributed by atoms with Gasteiger partial charge in [0.1, 0.15) is 11.4 Å². The van der Waals surface area contributed by atoms with E-state index in [0.717, 1.165) is 0 Å². The minimum atomic E-state index is -3.15. The number of fused-ring (bicyclic) bond motifs is 1. The minimum Gasteiger partial charge on any atom is -0.398 e. The number of nitrogens with one attached hydrogen (secondary N) is 1. The first-order valence-corrected chi connectivity index (χ1v) is 6.47. The molecule has 3 rings (SSSR count). The highest BCUT2D eigenvalue weighted by Crippen LogP contribution is 2.27. The van der Waals surface area contributed by atoms with E-state index in [0.29, 0.717) is 4.57 Å². The number of benzene rings is 1. The van der Waals surface area contributed by atoms with Crippen molar-refractivity contribution in [2.45, 2.75) is 32.1 Å². The molecule has 3 N–H and O–H groups in total. The number of hydrogen-bond donors (Lipinski definition) is 2. The van der Waals surface area contributed by atoms with Crippen molar-refractivity contribution >= 4 is 28.4 Å². The van der Waals surface area contributed by atoms with E-state index < -0.39 is 48.9 Å². The molecule has 0 spiro atoms. The van der Waals surface area contributed by atoms with E-state index in [1.807, 2.05) is 5.32 Å². The summed E-state index contributed by atoms with van der Waals surface area (Å²) in [6.07, 6.45) is -0.976. The molecule has 1 atom stereocenters. The van der Waals surface area contributed by atoms with Crippen LogP contribution in [0, 0.1) is 6.85 Å². The lowest BCUT2D eigenvalue weighted by Gasteiger charge is -2.34. The number of nitrogens with two attached hydrogens (primary N) is 1. The van der Waals surface area contributed by atoms with Gasteiger partial charge in [-0.3, -0.25) is 24.3 Å². The Hall–Kier alpha value is -2.70. The zero-order valence-electron chi connectivity index (χ0n) is 17.3. The first kappa shape index (κ1) is 8.67. The molecule has 2 amide bonds. The molecule has 7 heteroatoms. The number of imide groups is 1. The maximum absolute atomic E-state index is 13.3. The van der Waals surface area contributed by atoms with Crippen LogP contribution in [0.15, 0.2) is 23.0 Å². The smallest absolute Gasteiger partial charge is 0.264 e. The van der Waals surface area contributed by atoms with E-state index in [2.05, 4.69) is 4.98 Å². The summed E-state index contributed by atoms with van der Waals surface area (Å²) in [5.74, 6) is -2.87. The molecule has 0 unspecified atom stereocenters.